The molecule has 0 heterocycles. The summed E-state index contributed by atoms with van der Waals surface area (Å²) in [6, 6.07) is 2.56. The van der Waals surface area contributed by atoms with Gasteiger partial charge in [-0.1, -0.05) is 13.8 Å². The van der Waals surface area contributed by atoms with Crippen LogP contribution in [0.5, 0.6) is 5.75 Å². The van der Waals surface area contributed by atoms with Crippen LogP contribution in [0.4, 0.5) is 0 Å². The molecule has 4 nitrogen and oxygen atoms in total. The Balaban J connectivity index is 0.00000289. The van der Waals surface area contributed by atoms with Crippen LogP contribution in [0.15, 0.2) is 12.1 Å². The minimum Gasteiger partial charge on any atom is -0.507 e. The van der Waals surface area contributed by atoms with Crippen LogP contribution >= 0.6 is 12.4 Å². The summed E-state index contributed by atoms with van der Waals surface area (Å²) in [5, 5.41) is 18.9. The first-order valence-corrected chi connectivity index (χ1v) is 5.65. The third-order valence-corrected chi connectivity index (χ3v) is 2.70. The summed E-state index contributed by atoms with van der Waals surface area (Å²) in [6.45, 7) is 5.74. The Kier molecular flexibility index (Phi) is 6.15. The molecule has 0 saturated heterocycles. The monoisotopic (exact) mass is 273 g/mol. The Morgan fingerprint density at radius 1 is 1.39 bits per heavy atom. The van der Waals surface area contributed by atoms with Crippen molar-refractivity contribution in [2.24, 2.45) is 11.7 Å². The van der Waals surface area contributed by atoms with E-state index < -0.39 is 5.97 Å². The van der Waals surface area contributed by atoms with E-state index in [2.05, 4.69) is 0 Å². The maximum Gasteiger partial charge on any atom is 0.335 e. The Morgan fingerprint density at radius 2 is 1.94 bits per heavy atom. The SMILES string of the molecule is Cc1cc(C(=O)O)cc([C@H](N)CC(C)C)c1O.Cl. The van der Waals surface area contributed by atoms with Gasteiger partial charge in [-0.2, -0.15) is 0 Å². The molecule has 1 aromatic carbocycles. The highest BCUT2D eigenvalue weighted by molar-refractivity contribution is 5.88. The minimum absolute atomic E-state index is 0. The van der Waals surface area contributed by atoms with Gasteiger partial charge in [-0.3, -0.25) is 0 Å². The number of benzene rings is 1. The first-order valence-electron chi connectivity index (χ1n) is 5.65. The Bertz CT molecular complexity index is 432. The highest BCUT2D eigenvalue weighted by Crippen LogP contribution is 2.31. The molecule has 1 rings (SSSR count). The molecule has 0 bridgehead atoms. The number of halogens is 1. The molecule has 0 aliphatic carbocycles. The molecular formula is C13H20ClNO3. The summed E-state index contributed by atoms with van der Waals surface area (Å²) in [4.78, 5) is 10.9. The van der Waals surface area contributed by atoms with E-state index in [1.165, 1.54) is 12.1 Å². The van der Waals surface area contributed by atoms with E-state index in [9.17, 15) is 9.90 Å². The van der Waals surface area contributed by atoms with Gasteiger partial charge in [-0.25, -0.2) is 4.79 Å². The summed E-state index contributed by atoms with van der Waals surface area (Å²) >= 11 is 0. The summed E-state index contributed by atoms with van der Waals surface area (Å²) in [5.74, 6) is -0.521. The predicted molar refractivity (Wildman–Crippen MR) is 73.4 cm³/mol. The number of rotatable bonds is 4. The molecule has 0 saturated carbocycles. The average Bonchev–Trinajstić information content (AvgIpc) is 2.20. The van der Waals surface area contributed by atoms with Crippen LogP contribution < -0.4 is 5.73 Å². The van der Waals surface area contributed by atoms with Crippen molar-refractivity contribution < 1.29 is 15.0 Å². The van der Waals surface area contributed by atoms with Crippen molar-refractivity contribution in [2.45, 2.75) is 33.2 Å². The van der Waals surface area contributed by atoms with Crippen molar-refractivity contribution in [3.8, 4) is 5.75 Å². The number of phenols is 1. The lowest BCUT2D eigenvalue weighted by Gasteiger charge is -2.17. The first-order chi connectivity index (χ1) is 7.82. The second kappa shape index (κ2) is 6.61. The van der Waals surface area contributed by atoms with Crippen LogP contribution in [-0.4, -0.2) is 16.2 Å². The molecule has 0 amide bonds. The second-order valence-electron chi connectivity index (χ2n) is 4.77. The highest BCUT2D eigenvalue weighted by atomic mass is 35.5. The molecule has 102 valence electrons. The molecule has 5 heteroatoms. The highest BCUT2D eigenvalue weighted by Gasteiger charge is 2.17. The van der Waals surface area contributed by atoms with Gasteiger partial charge in [0.25, 0.3) is 0 Å². The molecule has 0 unspecified atom stereocenters. The van der Waals surface area contributed by atoms with Gasteiger partial charge in [0.1, 0.15) is 5.75 Å². The Labute approximate surface area is 113 Å². The van der Waals surface area contributed by atoms with E-state index in [4.69, 9.17) is 10.8 Å². The second-order valence-corrected chi connectivity index (χ2v) is 4.77. The smallest absolute Gasteiger partial charge is 0.335 e. The van der Waals surface area contributed by atoms with Crippen molar-refractivity contribution in [2.75, 3.05) is 0 Å². The summed E-state index contributed by atoms with van der Waals surface area (Å²) < 4.78 is 0. The van der Waals surface area contributed by atoms with Gasteiger partial charge in [0.05, 0.1) is 5.56 Å². The molecule has 0 aliphatic heterocycles. The van der Waals surface area contributed by atoms with Gasteiger partial charge in [-0.05, 0) is 37.0 Å². The van der Waals surface area contributed by atoms with Crippen molar-refractivity contribution in [1.29, 1.82) is 0 Å². The minimum atomic E-state index is -1.01. The summed E-state index contributed by atoms with van der Waals surface area (Å²) in [6.07, 6.45) is 0.704. The van der Waals surface area contributed by atoms with Gasteiger partial charge < -0.3 is 15.9 Å². The van der Waals surface area contributed by atoms with Crippen LogP contribution in [-0.2, 0) is 0 Å². The van der Waals surface area contributed by atoms with Crippen LogP contribution in [0.2, 0.25) is 0 Å². The van der Waals surface area contributed by atoms with Gasteiger partial charge in [0.2, 0.25) is 0 Å². The third kappa shape index (κ3) is 3.89. The maximum absolute atomic E-state index is 10.9. The number of aryl methyl sites for hydroxylation is 1. The zero-order valence-electron chi connectivity index (χ0n) is 10.8. The average molecular weight is 274 g/mol. The standard InChI is InChI=1S/C13H19NO3.ClH/c1-7(2)4-11(14)10-6-9(13(16)17)5-8(3)12(10)15;/h5-7,11,15H,4,14H2,1-3H3,(H,16,17);1H/t11-;/m1./s1. The Morgan fingerprint density at radius 3 is 2.39 bits per heavy atom. The number of aromatic carboxylic acids is 1. The fourth-order valence-electron chi connectivity index (χ4n) is 1.85. The van der Waals surface area contributed by atoms with Crippen molar-refractivity contribution in [3.05, 3.63) is 28.8 Å². The molecule has 18 heavy (non-hydrogen) atoms. The van der Waals surface area contributed by atoms with E-state index in [-0.39, 0.29) is 29.8 Å². The van der Waals surface area contributed by atoms with E-state index in [0.717, 1.165) is 0 Å². The van der Waals surface area contributed by atoms with E-state index in [1.54, 1.807) is 6.92 Å². The molecular weight excluding hydrogens is 254 g/mol. The maximum atomic E-state index is 10.9. The van der Waals surface area contributed by atoms with Crippen molar-refractivity contribution >= 4 is 18.4 Å². The number of phenolic OH excluding ortho intramolecular Hbond substituents is 1. The van der Waals surface area contributed by atoms with Crippen LogP contribution in [0.25, 0.3) is 0 Å². The quantitative estimate of drug-likeness (QED) is 0.788. The summed E-state index contributed by atoms with van der Waals surface area (Å²) in [5.41, 5.74) is 7.19. The van der Waals surface area contributed by atoms with Crippen molar-refractivity contribution in [1.82, 2.24) is 0 Å². The molecule has 0 aliphatic rings. The van der Waals surface area contributed by atoms with Crippen LogP contribution in [0.1, 0.15) is 47.8 Å². The number of aromatic hydroxyl groups is 1. The zero-order valence-corrected chi connectivity index (χ0v) is 11.6. The fraction of sp³-hybridized carbons (Fsp3) is 0.462. The van der Waals surface area contributed by atoms with Gasteiger partial charge in [0.15, 0.2) is 0 Å². The molecule has 0 aromatic heterocycles. The van der Waals surface area contributed by atoms with Crippen LogP contribution in [0, 0.1) is 12.8 Å². The largest absolute Gasteiger partial charge is 0.507 e. The Hall–Kier alpha value is -1.26. The predicted octanol–water partition coefficient (Wildman–Crippen LogP) is 2.87. The third-order valence-electron chi connectivity index (χ3n) is 2.70. The number of nitrogens with two attached hydrogens (primary N) is 1. The lowest BCUT2D eigenvalue weighted by molar-refractivity contribution is 0.0696. The van der Waals surface area contributed by atoms with E-state index >= 15 is 0 Å². The molecule has 1 aromatic rings. The number of carboxylic acid groups (broad SMARTS) is 1. The lowest BCUT2D eigenvalue weighted by Crippen LogP contribution is -2.14. The van der Waals surface area contributed by atoms with Gasteiger partial charge in [-0.15, -0.1) is 12.4 Å². The number of carbonyl (C=O) groups is 1. The number of carboxylic acids is 1. The van der Waals surface area contributed by atoms with E-state index in [1.807, 2.05) is 13.8 Å². The molecule has 0 radical (unpaired) electrons. The molecule has 1 atom stereocenters. The van der Waals surface area contributed by atoms with Gasteiger partial charge in [0, 0.05) is 11.6 Å². The zero-order chi connectivity index (χ0) is 13.2. The topological polar surface area (TPSA) is 83.5 Å². The van der Waals surface area contributed by atoms with Crippen LogP contribution in [0.3, 0.4) is 0 Å². The van der Waals surface area contributed by atoms with Gasteiger partial charge >= 0.3 is 5.97 Å². The normalized spacial score (nSPS) is 12.1. The van der Waals surface area contributed by atoms with Crippen molar-refractivity contribution in [3.63, 3.8) is 0 Å². The molecule has 4 N–H and O–H groups in total. The first kappa shape index (κ1) is 16.7. The van der Waals surface area contributed by atoms with E-state index in [0.29, 0.717) is 23.5 Å². The molecule has 0 spiro atoms. The number of hydrogen-bond donors (Lipinski definition) is 3. The summed E-state index contributed by atoms with van der Waals surface area (Å²) in [7, 11) is 0. The fourth-order valence-corrected chi connectivity index (χ4v) is 1.85. The number of hydrogen-bond acceptors (Lipinski definition) is 3. The lowest BCUT2D eigenvalue weighted by atomic mass is 9.94. The molecule has 0 fully saturated rings.